The number of aryl methyl sites for hydroxylation is 1. The highest BCUT2D eigenvalue weighted by Gasteiger charge is 2.42. The second-order valence-corrected chi connectivity index (χ2v) is 6.44. The van der Waals surface area contributed by atoms with Gasteiger partial charge in [-0.2, -0.15) is 0 Å². The molecule has 2 rings (SSSR count). The molecule has 0 amide bonds. The van der Waals surface area contributed by atoms with Gasteiger partial charge in [-0.25, -0.2) is 0 Å². The quantitative estimate of drug-likeness (QED) is 0.871. The summed E-state index contributed by atoms with van der Waals surface area (Å²) in [7, 11) is 0. The number of pyridine rings is 1. The summed E-state index contributed by atoms with van der Waals surface area (Å²) in [5, 5.41) is 0. The van der Waals surface area contributed by atoms with Crippen LogP contribution in [0.15, 0.2) is 18.2 Å². The Labute approximate surface area is 129 Å². The van der Waals surface area contributed by atoms with Crippen molar-refractivity contribution in [3.05, 3.63) is 29.6 Å². The Bertz CT molecular complexity index is 446. The fraction of sp³-hybridized carbons (Fsp3) is 0.722. The van der Waals surface area contributed by atoms with Crippen molar-refractivity contribution < 1.29 is 0 Å². The number of hydrogen-bond acceptors (Lipinski definition) is 3. The van der Waals surface area contributed by atoms with E-state index >= 15 is 0 Å². The van der Waals surface area contributed by atoms with E-state index in [0.29, 0.717) is 0 Å². The minimum atomic E-state index is 0.174. The van der Waals surface area contributed by atoms with Gasteiger partial charge in [-0.3, -0.25) is 9.88 Å². The molecule has 0 spiro atoms. The summed E-state index contributed by atoms with van der Waals surface area (Å²) in [5.74, 6) is 0.723. The molecule has 1 aromatic rings. The van der Waals surface area contributed by atoms with Crippen molar-refractivity contribution >= 4 is 0 Å². The third-order valence-corrected chi connectivity index (χ3v) is 5.33. The van der Waals surface area contributed by atoms with E-state index in [1.54, 1.807) is 0 Å². The summed E-state index contributed by atoms with van der Waals surface area (Å²) in [6.45, 7) is 9.38. The predicted molar refractivity (Wildman–Crippen MR) is 89.1 cm³/mol. The van der Waals surface area contributed by atoms with Gasteiger partial charge in [-0.05, 0) is 44.4 Å². The van der Waals surface area contributed by atoms with Gasteiger partial charge in [0.05, 0.1) is 5.69 Å². The average Bonchev–Trinajstić information content (AvgIpc) is 2.52. The Hall–Kier alpha value is -0.930. The second-order valence-electron chi connectivity index (χ2n) is 6.44. The summed E-state index contributed by atoms with van der Waals surface area (Å²) in [6.07, 6.45) is 6.47. The fourth-order valence-electron chi connectivity index (χ4n) is 4.16. The predicted octanol–water partition coefficient (Wildman–Crippen LogP) is 3.51. The number of aromatic nitrogens is 1. The minimum absolute atomic E-state index is 0.174. The van der Waals surface area contributed by atoms with E-state index in [-0.39, 0.29) is 5.54 Å². The molecule has 21 heavy (non-hydrogen) atoms. The van der Waals surface area contributed by atoms with Gasteiger partial charge in [0.2, 0.25) is 0 Å². The van der Waals surface area contributed by atoms with Gasteiger partial charge >= 0.3 is 0 Å². The third kappa shape index (κ3) is 3.46. The van der Waals surface area contributed by atoms with Gasteiger partial charge in [-0.1, -0.05) is 39.2 Å². The van der Waals surface area contributed by atoms with E-state index in [1.807, 2.05) is 0 Å². The normalized spacial score (nSPS) is 26.2. The van der Waals surface area contributed by atoms with Crippen LogP contribution in [0.5, 0.6) is 0 Å². The molecule has 0 aliphatic heterocycles. The Kier molecular flexibility index (Phi) is 5.77. The molecule has 2 unspecified atom stereocenters. The summed E-state index contributed by atoms with van der Waals surface area (Å²) in [6, 6.07) is 6.32. The largest absolute Gasteiger partial charge is 0.329 e. The molecular weight excluding hydrogens is 258 g/mol. The molecule has 1 saturated carbocycles. The van der Waals surface area contributed by atoms with E-state index in [4.69, 9.17) is 5.73 Å². The first-order valence-electron chi connectivity index (χ1n) is 8.54. The summed E-state index contributed by atoms with van der Waals surface area (Å²) < 4.78 is 0. The molecule has 1 aromatic heterocycles. The second kappa shape index (κ2) is 7.37. The fourth-order valence-corrected chi connectivity index (χ4v) is 4.16. The molecule has 1 aliphatic carbocycles. The number of nitrogens with zero attached hydrogens (tertiary/aromatic N) is 2. The summed E-state index contributed by atoms with van der Waals surface area (Å²) in [5.41, 5.74) is 8.75. The molecule has 0 saturated heterocycles. The molecule has 1 aliphatic rings. The zero-order valence-corrected chi connectivity index (χ0v) is 13.9. The Balaban J connectivity index is 2.24. The van der Waals surface area contributed by atoms with E-state index in [0.717, 1.165) is 31.2 Å². The maximum Gasteiger partial charge on any atom is 0.0547 e. The lowest BCUT2D eigenvalue weighted by Gasteiger charge is -2.51. The summed E-state index contributed by atoms with van der Waals surface area (Å²) in [4.78, 5) is 7.29. The Morgan fingerprint density at radius 2 is 2.14 bits per heavy atom. The van der Waals surface area contributed by atoms with Crippen molar-refractivity contribution in [1.29, 1.82) is 0 Å². The topological polar surface area (TPSA) is 42.1 Å². The van der Waals surface area contributed by atoms with Crippen molar-refractivity contribution in [3.63, 3.8) is 0 Å². The molecule has 0 bridgehead atoms. The molecule has 0 radical (unpaired) electrons. The van der Waals surface area contributed by atoms with Crippen LogP contribution in [0.25, 0.3) is 0 Å². The first-order valence-corrected chi connectivity index (χ1v) is 8.54. The zero-order valence-electron chi connectivity index (χ0n) is 13.9. The van der Waals surface area contributed by atoms with Crippen LogP contribution in [0, 0.1) is 12.8 Å². The molecule has 1 heterocycles. The van der Waals surface area contributed by atoms with Gasteiger partial charge in [0.25, 0.3) is 0 Å². The van der Waals surface area contributed by atoms with Crippen LogP contribution >= 0.6 is 0 Å². The molecule has 3 nitrogen and oxygen atoms in total. The SMILES string of the molecule is CCC1CCCCC1(CN)N(CC)Cc1cccc(C)n1. The first kappa shape index (κ1) is 16.4. The van der Waals surface area contributed by atoms with E-state index in [2.05, 4.69) is 48.9 Å². The smallest absolute Gasteiger partial charge is 0.0547 e. The monoisotopic (exact) mass is 289 g/mol. The van der Waals surface area contributed by atoms with Gasteiger partial charge in [-0.15, -0.1) is 0 Å². The Morgan fingerprint density at radius 3 is 2.76 bits per heavy atom. The number of nitrogens with two attached hydrogens (primary N) is 1. The lowest BCUT2D eigenvalue weighted by molar-refractivity contribution is 0.000589. The van der Waals surface area contributed by atoms with Crippen molar-refractivity contribution in [2.24, 2.45) is 11.7 Å². The molecule has 118 valence electrons. The molecule has 2 atom stereocenters. The number of likely N-dealkylation sites (N-methyl/N-ethyl adjacent to an activating group) is 1. The third-order valence-electron chi connectivity index (χ3n) is 5.33. The van der Waals surface area contributed by atoms with E-state index in [1.165, 1.54) is 37.8 Å². The minimum Gasteiger partial charge on any atom is -0.329 e. The maximum atomic E-state index is 6.30. The van der Waals surface area contributed by atoms with Gasteiger partial charge in [0, 0.05) is 24.3 Å². The lowest BCUT2D eigenvalue weighted by Crippen LogP contribution is -2.59. The lowest BCUT2D eigenvalue weighted by atomic mass is 9.70. The highest BCUT2D eigenvalue weighted by molar-refractivity contribution is 5.11. The standard InChI is InChI=1S/C18H31N3/c1-4-16-10-6-7-12-18(16,14-19)21(5-2)13-17-11-8-9-15(3)20-17/h8-9,11,16H,4-7,10,12-14,19H2,1-3H3. The van der Waals surface area contributed by atoms with Crippen LogP contribution in [0.2, 0.25) is 0 Å². The van der Waals surface area contributed by atoms with Crippen LogP contribution in [0.4, 0.5) is 0 Å². The molecule has 3 heteroatoms. The van der Waals surface area contributed by atoms with Crippen LogP contribution in [0.3, 0.4) is 0 Å². The van der Waals surface area contributed by atoms with Crippen LogP contribution < -0.4 is 5.73 Å². The van der Waals surface area contributed by atoms with Crippen LogP contribution in [0.1, 0.15) is 57.3 Å². The Morgan fingerprint density at radius 1 is 1.33 bits per heavy atom. The van der Waals surface area contributed by atoms with Gasteiger partial charge in [0.1, 0.15) is 0 Å². The van der Waals surface area contributed by atoms with Crippen molar-refractivity contribution in [2.75, 3.05) is 13.1 Å². The van der Waals surface area contributed by atoms with E-state index in [9.17, 15) is 0 Å². The van der Waals surface area contributed by atoms with Crippen molar-refractivity contribution in [1.82, 2.24) is 9.88 Å². The van der Waals surface area contributed by atoms with Crippen LogP contribution in [-0.2, 0) is 6.54 Å². The highest BCUT2D eigenvalue weighted by atomic mass is 15.2. The molecule has 0 aromatic carbocycles. The molecule has 2 N–H and O–H groups in total. The zero-order chi connectivity index (χ0) is 15.3. The molecular formula is C18H31N3. The number of rotatable bonds is 6. The van der Waals surface area contributed by atoms with Gasteiger partial charge in [0.15, 0.2) is 0 Å². The number of hydrogen-bond donors (Lipinski definition) is 1. The first-order chi connectivity index (χ1) is 10.2. The summed E-state index contributed by atoms with van der Waals surface area (Å²) >= 11 is 0. The van der Waals surface area contributed by atoms with Crippen molar-refractivity contribution in [2.45, 2.75) is 65.0 Å². The van der Waals surface area contributed by atoms with Crippen molar-refractivity contribution in [3.8, 4) is 0 Å². The molecule has 1 fully saturated rings. The van der Waals surface area contributed by atoms with Gasteiger partial charge < -0.3 is 5.73 Å². The van der Waals surface area contributed by atoms with E-state index < -0.39 is 0 Å². The highest BCUT2D eigenvalue weighted by Crippen LogP contribution is 2.40. The average molecular weight is 289 g/mol. The van der Waals surface area contributed by atoms with Crippen LogP contribution in [-0.4, -0.2) is 28.5 Å². The maximum absolute atomic E-state index is 6.30.